The van der Waals surface area contributed by atoms with Crippen molar-refractivity contribution < 1.29 is 14.7 Å². The highest BCUT2D eigenvalue weighted by Gasteiger charge is 2.19. The van der Waals surface area contributed by atoms with Crippen molar-refractivity contribution in [2.24, 2.45) is 0 Å². The Kier molecular flexibility index (Phi) is 6.45. The predicted molar refractivity (Wildman–Crippen MR) is 83.0 cm³/mol. The van der Waals surface area contributed by atoms with Gasteiger partial charge in [-0.25, -0.2) is 4.79 Å². The number of urea groups is 1. The van der Waals surface area contributed by atoms with Gasteiger partial charge in [0.25, 0.3) is 0 Å². The summed E-state index contributed by atoms with van der Waals surface area (Å²) in [5, 5.41) is 12.2. The highest BCUT2D eigenvalue weighted by molar-refractivity contribution is 6.30. The molecule has 0 saturated carbocycles. The first kappa shape index (κ1) is 17.3. The Morgan fingerprint density at radius 3 is 2.33 bits per heavy atom. The number of rotatable bonds is 6. The molecule has 1 atom stereocenters. The lowest BCUT2D eigenvalue weighted by Crippen LogP contribution is -2.47. The second kappa shape index (κ2) is 7.85. The lowest BCUT2D eigenvalue weighted by atomic mass is 10.3. The van der Waals surface area contributed by atoms with Crippen LogP contribution in [-0.2, 0) is 4.79 Å². The Labute approximate surface area is 129 Å². The first-order valence-corrected chi connectivity index (χ1v) is 6.88. The number of halogens is 1. The molecule has 21 heavy (non-hydrogen) atoms. The van der Waals surface area contributed by atoms with E-state index in [9.17, 15) is 9.59 Å². The predicted octanol–water partition coefficient (Wildman–Crippen LogP) is 1.89. The van der Waals surface area contributed by atoms with Crippen molar-refractivity contribution in [3.63, 3.8) is 0 Å². The van der Waals surface area contributed by atoms with Gasteiger partial charge in [-0.05, 0) is 45.3 Å². The van der Waals surface area contributed by atoms with Crippen molar-refractivity contribution in [1.29, 1.82) is 0 Å². The molecule has 0 bridgehead atoms. The van der Waals surface area contributed by atoms with E-state index in [0.29, 0.717) is 17.3 Å². The number of nitrogens with zero attached hydrogens (tertiary/aromatic N) is 2. The number of hydrogen-bond donors (Lipinski definition) is 2. The van der Waals surface area contributed by atoms with Gasteiger partial charge in [-0.3, -0.25) is 9.69 Å². The van der Waals surface area contributed by atoms with Crippen LogP contribution in [0.15, 0.2) is 24.3 Å². The SMILES string of the molecule is CC(CNC(=O)N(CC(=O)O)c1ccc(Cl)cc1)N(C)C. The number of nitrogens with one attached hydrogen (secondary N) is 1. The summed E-state index contributed by atoms with van der Waals surface area (Å²) in [5.41, 5.74) is 0.483. The Hall–Kier alpha value is -1.79. The highest BCUT2D eigenvalue weighted by Crippen LogP contribution is 2.18. The maximum absolute atomic E-state index is 12.2. The molecule has 7 heteroatoms. The van der Waals surface area contributed by atoms with E-state index < -0.39 is 18.5 Å². The molecule has 0 spiro atoms. The summed E-state index contributed by atoms with van der Waals surface area (Å²) in [6, 6.07) is 6.14. The lowest BCUT2D eigenvalue weighted by molar-refractivity contribution is -0.135. The van der Waals surface area contributed by atoms with Gasteiger partial charge < -0.3 is 15.3 Å². The summed E-state index contributed by atoms with van der Waals surface area (Å²) in [5.74, 6) is -1.08. The van der Waals surface area contributed by atoms with Crippen LogP contribution in [0.25, 0.3) is 0 Å². The van der Waals surface area contributed by atoms with Crippen molar-refractivity contribution in [2.75, 3.05) is 32.1 Å². The zero-order valence-corrected chi connectivity index (χ0v) is 13.1. The van der Waals surface area contributed by atoms with Crippen molar-refractivity contribution in [2.45, 2.75) is 13.0 Å². The van der Waals surface area contributed by atoms with Crippen LogP contribution in [-0.4, -0.2) is 55.2 Å². The average molecular weight is 314 g/mol. The molecule has 0 aromatic heterocycles. The molecule has 0 aliphatic rings. The van der Waals surface area contributed by atoms with Gasteiger partial charge in [0.15, 0.2) is 0 Å². The maximum atomic E-state index is 12.2. The minimum absolute atomic E-state index is 0.144. The molecule has 116 valence electrons. The fourth-order valence-electron chi connectivity index (χ4n) is 1.55. The van der Waals surface area contributed by atoms with Crippen LogP contribution in [0.4, 0.5) is 10.5 Å². The van der Waals surface area contributed by atoms with E-state index in [-0.39, 0.29) is 6.04 Å². The number of carbonyl (C=O) groups excluding carboxylic acids is 1. The zero-order chi connectivity index (χ0) is 16.0. The number of hydrogen-bond acceptors (Lipinski definition) is 3. The van der Waals surface area contributed by atoms with Gasteiger partial charge in [-0.1, -0.05) is 11.6 Å². The van der Waals surface area contributed by atoms with Crippen molar-refractivity contribution in [1.82, 2.24) is 10.2 Å². The quantitative estimate of drug-likeness (QED) is 0.841. The normalized spacial score (nSPS) is 12.0. The zero-order valence-electron chi connectivity index (χ0n) is 12.3. The number of amides is 2. The second-order valence-corrected chi connectivity index (χ2v) is 5.39. The lowest BCUT2D eigenvalue weighted by Gasteiger charge is -2.24. The van der Waals surface area contributed by atoms with Crippen molar-refractivity contribution in [3.05, 3.63) is 29.3 Å². The van der Waals surface area contributed by atoms with E-state index >= 15 is 0 Å². The monoisotopic (exact) mass is 313 g/mol. The van der Waals surface area contributed by atoms with Crippen LogP contribution in [0.2, 0.25) is 5.02 Å². The van der Waals surface area contributed by atoms with Crippen molar-refractivity contribution in [3.8, 4) is 0 Å². The minimum atomic E-state index is -1.08. The van der Waals surface area contributed by atoms with E-state index in [0.717, 1.165) is 0 Å². The Bertz CT molecular complexity index is 491. The summed E-state index contributed by atoms with van der Waals surface area (Å²) in [4.78, 5) is 26.3. The van der Waals surface area contributed by atoms with Crippen LogP contribution in [0.3, 0.4) is 0 Å². The molecule has 0 aliphatic heterocycles. The largest absolute Gasteiger partial charge is 0.480 e. The number of carbonyl (C=O) groups is 2. The van der Waals surface area contributed by atoms with Gasteiger partial charge in [0.05, 0.1) is 0 Å². The number of anilines is 1. The molecule has 0 fully saturated rings. The Morgan fingerprint density at radius 1 is 1.29 bits per heavy atom. The standard InChI is InChI=1S/C14H20ClN3O3/c1-10(17(2)3)8-16-14(21)18(9-13(19)20)12-6-4-11(15)5-7-12/h4-7,10H,8-9H2,1-3H3,(H,16,21)(H,19,20). The summed E-state index contributed by atoms with van der Waals surface area (Å²) >= 11 is 5.80. The fourth-order valence-corrected chi connectivity index (χ4v) is 1.68. The molecule has 2 amide bonds. The van der Waals surface area contributed by atoms with Gasteiger partial charge in [0.2, 0.25) is 0 Å². The van der Waals surface area contributed by atoms with Crippen molar-refractivity contribution >= 4 is 29.3 Å². The van der Waals surface area contributed by atoms with Gasteiger partial charge in [-0.15, -0.1) is 0 Å². The van der Waals surface area contributed by atoms with Gasteiger partial charge in [0.1, 0.15) is 6.54 Å². The van der Waals surface area contributed by atoms with Crippen LogP contribution < -0.4 is 10.2 Å². The summed E-state index contributed by atoms with van der Waals surface area (Å²) < 4.78 is 0. The first-order valence-electron chi connectivity index (χ1n) is 6.50. The third kappa shape index (κ3) is 5.61. The minimum Gasteiger partial charge on any atom is -0.480 e. The highest BCUT2D eigenvalue weighted by atomic mass is 35.5. The van der Waals surface area contributed by atoms with E-state index in [1.807, 2.05) is 25.9 Å². The molecule has 6 nitrogen and oxygen atoms in total. The molecule has 0 saturated heterocycles. The molecule has 1 unspecified atom stereocenters. The molecular formula is C14H20ClN3O3. The van der Waals surface area contributed by atoms with E-state index in [4.69, 9.17) is 16.7 Å². The molecule has 0 radical (unpaired) electrons. The molecule has 1 aromatic carbocycles. The fraction of sp³-hybridized carbons (Fsp3) is 0.429. The van der Waals surface area contributed by atoms with Gasteiger partial charge >= 0.3 is 12.0 Å². The number of likely N-dealkylation sites (N-methyl/N-ethyl adjacent to an activating group) is 1. The van der Waals surface area contributed by atoms with Crippen LogP contribution in [0, 0.1) is 0 Å². The molecule has 1 rings (SSSR count). The van der Waals surface area contributed by atoms with Gasteiger partial charge in [-0.2, -0.15) is 0 Å². The number of carboxylic acid groups (broad SMARTS) is 1. The topological polar surface area (TPSA) is 72.9 Å². The third-order valence-electron chi connectivity index (χ3n) is 3.11. The van der Waals surface area contributed by atoms with Crippen LogP contribution >= 0.6 is 11.6 Å². The summed E-state index contributed by atoms with van der Waals surface area (Å²) in [6.45, 7) is 1.98. The number of benzene rings is 1. The third-order valence-corrected chi connectivity index (χ3v) is 3.36. The van der Waals surface area contributed by atoms with E-state index in [2.05, 4.69) is 5.32 Å². The molecule has 1 aromatic rings. The molecule has 2 N–H and O–H groups in total. The summed E-state index contributed by atoms with van der Waals surface area (Å²) in [6.07, 6.45) is 0. The average Bonchev–Trinajstić information content (AvgIpc) is 2.42. The maximum Gasteiger partial charge on any atom is 0.323 e. The Morgan fingerprint density at radius 2 is 1.86 bits per heavy atom. The number of carboxylic acids is 1. The second-order valence-electron chi connectivity index (χ2n) is 4.95. The summed E-state index contributed by atoms with van der Waals surface area (Å²) in [7, 11) is 3.82. The molecular weight excluding hydrogens is 294 g/mol. The molecule has 0 heterocycles. The van der Waals surface area contributed by atoms with Crippen LogP contribution in [0.5, 0.6) is 0 Å². The van der Waals surface area contributed by atoms with E-state index in [1.165, 1.54) is 4.90 Å². The smallest absolute Gasteiger partial charge is 0.323 e. The first-order chi connectivity index (χ1) is 9.81. The van der Waals surface area contributed by atoms with Gasteiger partial charge in [0, 0.05) is 23.3 Å². The molecule has 0 aliphatic carbocycles. The Balaban J connectivity index is 2.79. The van der Waals surface area contributed by atoms with Crippen LogP contribution in [0.1, 0.15) is 6.92 Å². The van der Waals surface area contributed by atoms with E-state index in [1.54, 1.807) is 24.3 Å². The number of aliphatic carboxylic acids is 1.